The molecular formula is C27H40N4O5. The maximum absolute atomic E-state index is 13.6. The molecule has 0 bridgehead atoms. The van der Waals surface area contributed by atoms with Crippen molar-refractivity contribution in [3.63, 3.8) is 0 Å². The highest BCUT2D eigenvalue weighted by Gasteiger charge is 2.34. The number of hydrogen-bond donors (Lipinski definition) is 2. The van der Waals surface area contributed by atoms with Gasteiger partial charge in [-0.05, 0) is 57.2 Å². The van der Waals surface area contributed by atoms with Gasteiger partial charge in [-0.2, -0.15) is 0 Å². The van der Waals surface area contributed by atoms with Gasteiger partial charge in [-0.25, -0.2) is 0 Å². The molecule has 0 aliphatic heterocycles. The van der Waals surface area contributed by atoms with Crippen LogP contribution >= 0.6 is 0 Å². The fourth-order valence-corrected chi connectivity index (χ4v) is 3.54. The topological polar surface area (TPSA) is 114 Å². The fraction of sp³-hybridized carbons (Fsp3) is 0.556. The average Bonchev–Trinajstić information content (AvgIpc) is 3.24. The Balaban J connectivity index is 2.30. The van der Waals surface area contributed by atoms with Gasteiger partial charge < -0.3 is 24.8 Å². The van der Waals surface area contributed by atoms with Crippen LogP contribution in [0.25, 0.3) is 0 Å². The Kier molecular flexibility index (Phi) is 10.5. The molecule has 36 heavy (non-hydrogen) atoms. The first-order chi connectivity index (χ1) is 17.0. The third-order valence-corrected chi connectivity index (χ3v) is 6.07. The number of ether oxygens (including phenoxy) is 1. The SMILES string of the molecule is CCC(C)(C)NC(=O)[C@H](c1ccc(OC)cc1)N(CCC(C)C)C(=O)CCC(=O)Nc1cc(C)on1. The molecule has 0 radical (unpaired) electrons. The van der Waals surface area contributed by atoms with Crippen molar-refractivity contribution in [3.05, 3.63) is 41.7 Å². The minimum absolute atomic E-state index is 0.0413. The number of aromatic nitrogens is 1. The number of anilines is 1. The molecule has 9 nitrogen and oxygen atoms in total. The summed E-state index contributed by atoms with van der Waals surface area (Å²) in [5.41, 5.74) is 0.240. The molecule has 0 aliphatic rings. The molecule has 2 N–H and O–H groups in total. The number of amides is 3. The zero-order valence-electron chi connectivity index (χ0n) is 22.5. The number of hydrogen-bond acceptors (Lipinski definition) is 6. The number of benzene rings is 1. The van der Waals surface area contributed by atoms with Crippen molar-refractivity contribution in [2.45, 2.75) is 78.8 Å². The van der Waals surface area contributed by atoms with Gasteiger partial charge in [0.25, 0.3) is 0 Å². The zero-order valence-corrected chi connectivity index (χ0v) is 22.5. The van der Waals surface area contributed by atoms with Gasteiger partial charge in [0.05, 0.1) is 7.11 Å². The number of carbonyl (C=O) groups is 3. The molecule has 2 rings (SSSR count). The first-order valence-electron chi connectivity index (χ1n) is 12.4. The van der Waals surface area contributed by atoms with Crippen molar-refractivity contribution in [2.24, 2.45) is 5.92 Å². The molecule has 2 aromatic rings. The second kappa shape index (κ2) is 13.1. The van der Waals surface area contributed by atoms with E-state index in [1.807, 2.05) is 20.8 Å². The minimum atomic E-state index is -0.839. The molecule has 0 unspecified atom stereocenters. The third kappa shape index (κ3) is 8.70. The monoisotopic (exact) mass is 500 g/mol. The molecular weight excluding hydrogens is 460 g/mol. The number of methoxy groups -OCH3 is 1. The smallest absolute Gasteiger partial charge is 0.247 e. The van der Waals surface area contributed by atoms with E-state index in [1.165, 1.54) is 0 Å². The lowest BCUT2D eigenvalue weighted by atomic mass is 9.97. The summed E-state index contributed by atoms with van der Waals surface area (Å²) in [5, 5.41) is 9.48. The summed E-state index contributed by atoms with van der Waals surface area (Å²) in [6.07, 6.45) is 1.36. The van der Waals surface area contributed by atoms with E-state index in [0.717, 1.165) is 6.42 Å². The predicted octanol–water partition coefficient (Wildman–Crippen LogP) is 4.63. The molecule has 9 heteroatoms. The highest BCUT2D eigenvalue weighted by atomic mass is 16.5. The third-order valence-electron chi connectivity index (χ3n) is 6.07. The van der Waals surface area contributed by atoms with Crippen LogP contribution < -0.4 is 15.4 Å². The molecule has 1 aromatic heterocycles. The summed E-state index contributed by atoms with van der Waals surface area (Å²) in [4.78, 5) is 41.1. The van der Waals surface area contributed by atoms with Crippen molar-refractivity contribution < 1.29 is 23.6 Å². The lowest BCUT2D eigenvalue weighted by molar-refractivity contribution is -0.142. The van der Waals surface area contributed by atoms with Crippen molar-refractivity contribution in [1.29, 1.82) is 0 Å². The predicted molar refractivity (Wildman–Crippen MR) is 139 cm³/mol. The summed E-state index contributed by atoms with van der Waals surface area (Å²) in [7, 11) is 1.58. The Hall–Kier alpha value is -3.36. The summed E-state index contributed by atoms with van der Waals surface area (Å²) in [5.74, 6) is 0.984. The van der Waals surface area contributed by atoms with Gasteiger partial charge in [-0.3, -0.25) is 14.4 Å². The van der Waals surface area contributed by atoms with Crippen LogP contribution in [0.4, 0.5) is 5.82 Å². The molecule has 1 aromatic carbocycles. The Morgan fingerprint density at radius 2 is 1.81 bits per heavy atom. The van der Waals surface area contributed by atoms with E-state index < -0.39 is 11.6 Å². The molecule has 0 spiro atoms. The standard InChI is InChI=1S/C27H40N4O5/c1-8-27(5,6)29-26(34)25(20-9-11-21(35-7)12-10-20)31(16-15-18(2)3)24(33)14-13-23(32)28-22-17-19(4)36-30-22/h9-12,17-18,25H,8,13-16H2,1-7H3,(H,29,34)(H,28,30,32)/t25-/m0/s1. The molecule has 0 fully saturated rings. The van der Waals surface area contributed by atoms with Crippen LogP contribution in [0.3, 0.4) is 0 Å². The van der Waals surface area contributed by atoms with Crippen molar-refractivity contribution in [1.82, 2.24) is 15.4 Å². The van der Waals surface area contributed by atoms with Crippen LogP contribution in [0.15, 0.2) is 34.9 Å². The van der Waals surface area contributed by atoms with Crippen LogP contribution in [-0.2, 0) is 14.4 Å². The van der Waals surface area contributed by atoms with Crippen LogP contribution in [0.2, 0.25) is 0 Å². The Morgan fingerprint density at radius 1 is 1.14 bits per heavy atom. The summed E-state index contributed by atoms with van der Waals surface area (Å²) in [6.45, 7) is 12.1. The number of aryl methyl sites for hydroxylation is 1. The van der Waals surface area contributed by atoms with Crippen LogP contribution in [-0.4, -0.2) is 47.0 Å². The molecule has 0 saturated carbocycles. The molecule has 3 amide bonds. The van der Waals surface area contributed by atoms with E-state index in [9.17, 15) is 14.4 Å². The van der Waals surface area contributed by atoms with Crippen LogP contribution in [0.1, 0.15) is 77.7 Å². The quantitative estimate of drug-likeness (QED) is 0.414. The van der Waals surface area contributed by atoms with E-state index in [1.54, 1.807) is 49.3 Å². The average molecular weight is 501 g/mol. The van der Waals surface area contributed by atoms with E-state index >= 15 is 0 Å². The molecule has 1 atom stereocenters. The normalized spacial score (nSPS) is 12.2. The van der Waals surface area contributed by atoms with E-state index in [0.29, 0.717) is 41.8 Å². The number of carbonyl (C=O) groups excluding carboxylic acids is 3. The lowest BCUT2D eigenvalue weighted by Crippen LogP contribution is -2.50. The van der Waals surface area contributed by atoms with Crippen molar-refractivity contribution in [2.75, 3.05) is 19.0 Å². The number of rotatable bonds is 13. The van der Waals surface area contributed by atoms with Crippen molar-refractivity contribution in [3.8, 4) is 5.75 Å². The van der Waals surface area contributed by atoms with Gasteiger partial charge in [-0.1, -0.05) is 38.1 Å². The van der Waals surface area contributed by atoms with E-state index in [-0.39, 0.29) is 30.6 Å². The van der Waals surface area contributed by atoms with E-state index in [4.69, 9.17) is 9.26 Å². The largest absolute Gasteiger partial charge is 0.497 e. The molecule has 1 heterocycles. The molecule has 198 valence electrons. The maximum Gasteiger partial charge on any atom is 0.247 e. The summed E-state index contributed by atoms with van der Waals surface area (Å²) < 4.78 is 10.2. The van der Waals surface area contributed by atoms with Gasteiger partial charge in [0.15, 0.2) is 5.82 Å². The van der Waals surface area contributed by atoms with Gasteiger partial charge in [0.2, 0.25) is 17.7 Å². The number of nitrogens with one attached hydrogen (secondary N) is 2. The Morgan fingerprint density at radius 3 is 2.33 bits per heavy atom. The first kappa shape index (κ1) is 28.9. The second-order valence-electron chi connectivity index (χ2n) is 10.0. The zero-order chi connectivity index (χ0) is 26.9. The van der Waals surface area contributed by atoms with E-state index in [2.05, 4.69) is 29.6 Å². The highest BCUT2D eigenvalue weighted by Crippen LogP contribution is 2.27. The van der Waals surface area contributed by atoms with Gasteiger partial charge in [0.1, 0.15) is 17.6 Å². The van der Waals surface area contributed by atoms with Crippen molar-refractivity contribution >= 4 is 23.5 Å². The highest BCUT2D eigenvalue weighted by molar-refractivity contribution is 5.94. The maximum atomic E-state index is 13.6. The fourth-order valence-electron chi connectivity index (χ4n) is 3.54. The second-order valence-corrected chi connectivity index (χ2v) is 10.0. The van der Waals surface area contributed by atoms with Gasteiger partial charge in [0, 0.05) is 31.0 Å². The summed E-state index contributed by atoms with van der Waals surface area (Å²) >= 11 is 0. The summed E-state index contributed by atoms with van der Waals surface area (Å²) in [6, 6.07) is 7.93. The Labute approximate surface area is 213 Å². The van der Waals surface area contributed by atoms with Crippen LogP contribution in [0.5, 0.6) is 5.75 Å². The molecule has 0 saturated heterocycles. The van der Waals surface area contributed by atoms with Crippen LogP contribution in [0, 0.1) is 12.8 Å². The minimum Gasteiger partial charge on any atom is -0.497 e. The number of nitrogens with zero attached hydrogens (tertiary/aromatic N) is 2. The van der Waals surface area contributed by atoms with Gasteiger partial charge in [-0.15, -0.1) is 0 Å². The Bertz CT molecular complexity index is 1010. The molecule has 0 aliphatic carbocycles. The van der Waals surface area contributed by atoms with Gasteiger partial charge >= 0.3 is 0 Å². The lowest BCUT2D eigenvalue weighted by Gasteiger charge is -2.35. The first-order valence-corrected chi connectivity index (χ1v) is 12.4.